The van der Waals surface area contributed by atoms with E-state index in [0.29, 0.717) is 24.4 Å². The van der Waals surface area contributed by atoms with Gasteiger partial charge in [-0.2, -0.15) is 0 Å². The van der Waals surface area contributed by atoms with Crippen LogP contribution in [0.2, 0.25) is 0 Å². The van der Waals surface area contributed by atoms with Crippen LogP contribution in [-0.2, 0) is 27.9 Å². The van der Waals surface area contributed by atoms with Gasteiger partial charge in [0.1, 0.15) is 11.9 Å². The van der Waals surface area contributed by atoms with Crippen molar-refractivity contribution in [3.05, 3.63) is 65.4 Å². The number of carbonyl (C=O) groups excluding carboxylic acids is 3. The summed E-state index contributed by atoms with van der Waals surface area (Å²) in [7, 11) is 2.04. The summed E-state index contributed by atoms with van der Waals surface area (Å²) in [6.45, 7) is 1.82. The summed E-state index contributed by atoms with van der Waals surface area (Å²) in [6.07, 6.45) is 2.48. The molecule has 0 radical (unpaired) electrons. The topological polar surface area (TPSA) is 93.5 Å². The van der Waals surface area contributed by atoms with Crippen LogP contribution in [0, 0.1) is 0 Å². The van der Waals surface area contributed by atoms with Crippen LogP contribution in [0.4, 0.5) is 0 Å². The van der Waals surface area contributed by atoms with Gasteiger partial charge in [-0.15, -0.1) is 0 Å². The van der Waals surface area contributed by atoms with E-state index in [0.717, 1.165) is 60.0 Å². The number of nitrogens with zero attached hydrogens (tertiary/aromatic N) is 3. The lowest BCUT2D eigenvalue weighted by atomic mass is 9.93. The molecule has 2 saturated heterocycles. The van der Waals surface area contributed by atoms with Crippen LogP contribution >= 0.6 is 0 Å². The number of rotatable bonds is 4. The zero-order valence-corrected chi connectivity index (χ0v) is 20.2. The first kappa shape index (κ1) is 22.7. The number of hydrogen-bond acceptors (Lipinski definition) is 5. The average Bonchev–Trinajstić information content (AvgIpc) is 3.41. The Morgan fingerprint density at radius 1 is 0.972 bits per heavy atom. The molecule has 1 atom stereocenters. The van der Waals surface area contributed by atoms with E-state index in [1.165, 1.54) is 0 Å². The molecule has 3 aliphatic rings. The number of nitrogens with one attached hydrogen (secondary N) is 1. The smallest absolute Gasteiger partial charge is 0.255 e. The Balaban J connectivity index is 1.37. The Hall–Kier alpha value is -3.78. The number of fused-ring (bicyclic) bond motifs is 1. The van der Waals surface area contributed by atoms with Gasteiger partial charge in [0.05, 0.1) is 11.4 Å². The van der Waals surface area contributed by atoms with E-state index in [9.17, 15) is 14.4 Å². The molecular formula is C28H28N4O4. The van der Waals surface area contributed by atoms with Crippen LogP contribution in [0.15, 0.2) is 48.5 Å². The van der Waals surface area contributed by atoms with Gasteiger partial charge in [0.2, 0.25) is 11.8 Å². The number of imidazole rings is 1. The zero-order valence-electron chi connectivity index (χ0n) is 20.2. The van der Waals surface area contributed by atoms with Crippen molar-refractivity contribution in [1.82, 2.24) is 19.8 Å². The maximum atomic E-state index is 13.1. The van der Waals surface area contributed by atoms with Crippen molar-refractivity contribution in [2.24, 2.45) is 7.05 Å². The predicted molar refractivity (Wildman–Crippen MR) is 133 cm³/mol. The molecule has 0 spiro atoms. The van der Waals surface area contributed by atoms with Crippen LogP contribution < -0.4 is 5.32 Å². The van der Waals surface area contributed by atoms with Gasteiger partial charge in [0.15, 0.2) is 0 Å². The van der Waals surface area contributed by atoms with Gasteiger partial charge in [0.25, 0.3) is 5.91 Å². The zero-order chi connectivity index (χ0) is 24.8. The van der Waals surface area contributed by atoms with Crippen molar-refractivity contribution < 1.29 is 19.1 Å². The lowest BCUT2D eigenvalue weighted by Gasteiger charge is -2.29. The maximum Gasteiger partial charge on any atom is 0.255 e. The second-order valence-electron chi connectivity index (χ2n) is 9.75. The molecule has 6 rings (SSSR count). The van der Waals surface area contributed by atoms with Crippen molar-refractivity contribution in [1.29, 1.82) is 0 Å². The fourth-order valence-electron chi connectivity index (χ4n) is 5.68. The fraction of sp³-hybridized carbons (Fsp3) is 0.357. The third-order valence-electron chi connectivity index (χ3n) is 7.56. The normalized spacial score (nSPS) is 20.5. The molecule has 4 heterocycles. The average molecular weight is 485 g/mol. The third kappa shape index (κ3) is 3.82. The first-order valence-corrected chi connectivity index (χ1v) is 12.5. The van der Waals surface area contributed by atoms with E-state index >= 15 is 0 Å². The highest BCUT2D eigenvalue weighted by atomic mass is 16.5. The number of carbonyl (C=O) groups is 3. The second kappa shape index (κ2) is 9.02. The number of hydrogen-bond donors (Lipinski definition) is 1. The molecule has 8 nitrogen and oxygen atoms in total. The molecule has 1 N–H and O–H groups in total. The second-order valence-corrected chi connectivity index (χ2v) is 9.75. The van der Waals surface area contributed by atoms with Crippen molar-refractivity contribution in [3.8, 4) is 22.6 Å². The van der Waals surface area contributed by atoms with Crippen molar-refractivity contribution in [2.45, 2.75) is 44.2 Å². The largest absolute Gasteiger partial charge is 0.381 e. The molecule has 1 unspecified atom stereocenters. The minimum atomic E-state index is -0.621. The molecule has 3 aromatic rings. The molecule has 2 aromatic carbocycles. The molecule has 1 aromatic heterocycles. The summed E-state index contributed by atoms with van der Waals surface area (Å²) in [4.78, 5) is 43.8. The summed E-state index contributed by atoms with van der Waals surface area (Å²) in [5.74, 6) is 0.328. The highest BCUT2D eigenvalue weighted by molar-refractivity contribution is 6.05. The molecule has 8 heteroatoms. The van der Waals surface area contributed by atoms with Crippen molar-refractivity contribution >= 4 is 17.7 Å². The minimum Gasteiger partial charge on any atom is -0.381 e. The Bertz CT molecular complexity index is 1360. The molecule has 3 aliphatic heterocycles. The van der Waals surface area contributed by atoms with E-state index in [4.69, 9.17) is 9.72 Å². The maximum absolute atomic E-state index is 13.1. The Morgan fingerprint density at radius 2 is 1.75 bits per heavy atom. The van der Waals surface area contributed by atoms with Gasteiger partial charge in [-0.3, -0.25) is 19.7 Å². The lowest BCUT2D eigenvalue weighted by Crippen LogP contribution is -2.52. The van der Waals surface area contributed by atoms with Crippen molar-refractivity contribution in [2.75, 3.05) is 13.2 Å². The monoisotopic (exact) mass is 484 g/mol. The quantitative estimate of drug-likeness (QED) is 0.573. The minimum absolute atomic E-state index is 0.168. The van der Waals surface area contributed by atoms with Gasteiger partial charge in [0, 0.05) is 55.8 Å². The molecule has 36 heavy (non-hydrogen) atoms. The summed E-state index contributed by atoms with van der Waals surface area (Å²) in [5.41, 5.74) is 5.73. The number of benzene rings is 2. The summed E-state index contributed by atoms with van der Waals surface area (Å²) < 4.78 is 7.75. The van der Waals surface area contributed by atoms with Gasteiger partial charge in [-0.25, -0.2) is 4.98 Å². The van der Waals surface area contributed by atoms with Gasteiger partial charge in [-0.05, 0) is 37.0 Å². The highest BCUT2D eigenvalue weighted by Gasteiger charge is 2.39. The number of aromatic nitrogens is 2. The first-order chi connectivity index (χ1) is 17.5. The van der Waals surface area contributed by atoms with Crippen LogP contribution in [-0.4, -0.2) is 51.4 Å². The van der Waals surface area contributed by atoms with Gasteiger partial charge >= 0.3 is 0 Å². The van der Waals surface area contributed by atoms with Crippen LogP contribution in [0.1, 0.15) is 53.2 Å². The SMILES string of the molecule is Cn1c(-c2ccc3c(c2)CN(C2CCC(=O)NC2=O)C3=O)nc(C2CCOCC2)c1-c1ccccc1. The molecule has 184 valence electrons. The van der Waals surface area contributed by atoms with E-state index in [1.807, 2.05) is 43.4 Å². The number of ether oxygens (including phenoxy) is 1. The first-order valence-electron chi connectivity index (χ1n) is 12.5. The Kier molecular flexibility index (Phi) is 5.68. The standard InChI is InChI=1S/C28H28N4O4/c1-31-25(18-5-3-2-4-6-18)24(17-11-13-36-14-12-17)30-26(31)19-7-8-21-20(15-19)16-32(28(21)35)22-9-10-23(33)29-27(22)34/h2-8,15,17,22H,9-14,16H2,1H3,(H,29,33,34). The number of amides is 3. The molecule has 0 saturated carbocycles. The summed E-state index contributed by atoms with van der Waals surface area (Å²) in [5, 5.41) is 2.36. The summed E-state index contributed by atoms with van der Waals surface area (Å²) in [6, 6.07) is 15.5. The molecule has 0 bridgehead atoms. The molecular weight excluding hydrogens is 456 g/mol. The van der Waals surface area contributed by atoms with Gasteiger partial charge < -0.3 is 14.2 Å². The number of piperidine rings is 1. The van der Waals surface area contributed by atoms with E-state index in [-0.39, 0.29) is 18.2 Å². The van der Waals surface area contributed by atoms with Crippen LogP contribution in [0.3, 0.4) is 0 Å². The van der Waals surface area contributed by atoms with Crippen LogP contribution in [0.25, 0.3) is 22.6 Å². The highest BCUT2D eigenvalue weighted by Crippen LogP contribution is 2.38. The van der Waals surface area contributed by atoms with E-state index in [2.05, 4.69) is 22.0 Å². The molecule has 2 fully saturated rings. The number of imide groups is 1. The third-order valence-corrected chi connectivity index (χ3v) is 7.56. The van der Waals surface area contributed by atoms with Crippen LogP contribution in [0.5, 0.6) is 0 Å². The van der Waals surface area contributed by atoms with Crippen molar-refractivity contribution in [3.63, 3.8) is 0 Å². The van der Waals surface area contributed by atoms with E-state index in [1.54, 1.807) is 4.90 Å². The lowest BCUT2D eigenvalue weighted by molar-refractivity contribution is -0.136. The Labute approximate surface area is 209 Å². The predicted octanol–water partition coefficient (Wildman–Crippen LogP) is 3.41. The molecule has 3 amide bonds. The Morgan fingerprint density at radius 3 is 2.50 bits per heavy atom. The molecule has 0 aliphatic carbocycles. The summed E-state index contributed by atoms with van der Waals surface area (Å²) >= 11 is 0. The van der Waals surface area contributed by atoms with Gasteiger partial charge in [-0.1, -0.05) is 36.4 Å². The fourth-order valence-corrected chi connectivity index (χ4v) is 5.68. The van der Waals surface area contributed by atoms with E-state index < -0.39 is 11.9 Å².